The third-order valence-corrected chi connectivity index (χ3v) is 3.83. The van der Waals surface area contributed by atoms with Gasteiger partial charge in [0.2, 0.25) is 0 Å². The largest absolute Gasteiger partial charge is 0.357 e. The van der Waals surface area contributed by atoms with Crippen LogP contribution in [0.5, 0.6) is 0 Å². The number of carbonyl (C=O) groups excluding carboxylic acids is 1. The summed E-state index contributed by atoms with van der Waals surface area (Å²) < 4.78 is 1.60. The van der Waals surface area contributed by atoms with Crippen molar-refractivity contribution in [1.29, 1.82) is 0 Å². The molecule has 6 nitrogen and oxygen atoms in total. The van der Waals surface area contributed by atoms with Gasteiger partial charge in [-0.15, -0.1) is 0 Å². The van der Waals surface area contributed by atoms with E-state index in [0.29, 0.717) is 22.9 Å². The molecule has 0 fully saturated rings. The second kappa shape index (κ2) is 7.84. The van der Waals surface area contributed by atoms with E-state index in [-0.39, 0.29) is 16.6 Å². The van der Waals surface area contributed by atoms with Gasteiger partial charge >= 0.3 is 0 Å². The van der Waals surface area contributed by atoms with Gasteiger partial charge in [-0.25, -0.2) is 4.68 Å². The van der Waals surface area contributed by atoms with Crippen molar-refractivity contribution in [3.63, 3.8) is 0 Å². The highest BCUT2D eigenvalue weighted by Crippen LogP contribution is 2.20. The molecular formula is C17H22ClN5OS. The number of aryl methyl sites for hydroxylation is 1. The summed E-state index contributed by atoms with van der Waals surface area (Å²) in [4.78, 5) is 12.4. The van der Waals surface area contributed by atoms with Crippen LogP contribution in [0, 0.1) is 6.92 Å². The van der Waals surface area contributed by atoms with E-state index in [1.807, 2.05) is 51.1 Å². The van der Waals surface area contributed by atoms with Crippen LogP contribution in [0.4, 0.5) is 0 Å². The first-order chi connectivity index (χ1) is 11.7. The summed E-state index contributed by atoms with van der Waals surface area (Å²) in [6.45, 7) is 8.14. The zero-order valence-electron chi connectivity index (χ0n) is 14.7. The van der Waals surface area contributed by atoms with Gasteiger partial charge in [0.05, 0.1) is 12.2 Å². The summed E-state index contributed by atoms with van der Waals surface area (Å²) in [7, 11) is 0. The molecule has 0 radical (unpaired) electrons. The summed E-state index contributed by atoms with van der Waals surface area (Å²) >= 11 is 11.5. The molecule has 25 heavy (non-hydrogen) atoms. The number of hydrazine groups is 1. The fourth-order valence-corrected chi connectivity index (χ4v) is 2.90. The molecule has 0 saturated carbocycles. The fraction of sp³-hybridized carbons (Fsp3) is 0.353. The molecule has 2 aromatic rings. The van der Waals surface area contributed by atoms with Crippen LogP contribution < -0.4 is 16.2 Å². The number of carbonyl (C=O) groups is 1. The van der Waals surface area contributed by atoms with E-state index in [1.165, 1.54) is 0 Å². The highest BCUT2D eigenvalue weighted by atomic mass is 35.5. The van der Waals surface area contributed by atoms with Crippen molar-refractivity contribution in [3.05, 3.63) is 52.3 Å². The van der Waals surface area contributed by atoms with E-state index < -0.39 is 0 Å². The third-order valence-electron chi connectivity index (χ3n) is 3.25. The molecule has 0 bridgehead atoms. The smallest absolute Gasteiger partial charge is 0.274 e. The van der Waals surface area contributed by atoms with Crippen molar-refractivity contribution in [3.8, 4) is 0 Å². The predicted octanol–water partition coefficient (Wildman–Crippen LogP) is 2.80. The lowest BCUT2D eigenvalue weighted by molar-refractivity contribution is 0.0943. The number of halogens is 1. The van der Waals surface area contributed by atoms with Crippen LogP contribution in [0.2, 0.25) is 5.15 Å². The Morgan fingerprint density at radius 1 is 1.24 bits per heavy atom. The molecule has 0 saturated heterocycles. The summed E-state index contributed by atoms with van der Waals surface area (Å²) in [5.74, 6) is -0.389. The molecule has 1 amide bonds. The van der Waals surface area contributed by atoms with Gasteiger partial charge in [-0.3, -0.25) is 15.6 Å². The molecule has 0 aliphatic carbocycles. The van der Waals surface area contributed by atoms with Crippen LogP contribution in [-0.4, -0.2) is 26.3 Å². The number of amides is 1. The summed E-state index contributed by atoms with van der Waals surface area (Å²) in [6, 6.07) is 9.79. The van der Waals surface area contributed by atoms with Crippen molar-refractivity contribution < 1.29 is 4.79 Å². The van der Waals surface area contributed by atoms with Crippen molar-refractivity contribution >= 4 is 34.8 Å². The topological polar surface area (TPSA) is 71.0 Å². The molecular weight excluding hydrogens is 358 g/mol. The Morgan fingerprint density at radius 2 is 1.88 bits per heavy atom. The van der Waals surface area contributed by atoms with Gasteiger partial charge < -0.3 is 5.32 Å². The first-order valence-corrected chi connectivity index (χ1v) is 8.61. The number of hydrogen-bond donors (Lipinski definition) is 3. The molecule has 0 atom stereocenters. The first kappa shape index (κ1) is 19.2. The summed E-state index contributed by atoms with van der Waals surface area (Å²) in [5.41, 5.74) is 6.94. The van der Waals surface area contributed by atoms with Gasteiger partial charge in [0.1, 0.15) is 10.7 Å². The van der Waals surface area contributed by atoms with Gasteiger partial charge in [-0.05, 0) is 45.5 Å². The minimum Gasteiger partial charge on any atom is -0.357 e. The monoisotopic (exact) mass is 379 g/mol. The van der Waals surface area contributed by atoms with Crippen molar-refractivity contribution in [2.24, 2.45) is 0 Å². The van der Waals surface area contributed by atoms with Gasteiger partial charge in [-0.2, -0.15) is 5.10 Å². The number of benzene rings is 1. The normalized spacial score (nSPS) is 11.1. The Balaban J connectivity index is 2.06. The lowest BCUT2D eigenvalue weighted by atomic mass is 10.1. The van der Waals surface area contributed by atoms with E-state index in [1.54, 1.807) is 11.6 Å². The van der Waals surface area contributed by atoms with E-state index >= 15 is 0 Å². The number of aromatic nitrogens is 2. The highest BCUT2D eigenvalue weighted by Gasteiger charge is 2.21. The minimum absolute atomic E-state index is 0.205. The Bertz CT molecular complexity index is 767. The Hall–Kier alpha value is -2.12. The Labute approximate surface area is 157 Å². The standard InChI is InChI=1S/C17H22ClN5OS/c1-11-13(15(24)20-21-16(25)19-17(2,3)4)14(18)23(22-11)10-12-8-6-5-7-9-12/h5-9H,10H2,1-4H3,(H,20,24)(H2,19,21,25). The Kier molecular flexibility index (Phi) is 6.02. The van der Waals surface area contributed by atoms with E-state index in [9.17, 15) is 4.79 Å². The number of hydrogen-bond acceptors (Lipinski definition) is 3. The number of thiocarbonyl (C=S) groups is 1. The lowest BCUT2D eigenvalue weighted by Gasteiger charge is -2.23. The minimum atomic E-state index is -0.389. The molecule has 0 aliphatic heterocycles. The number of rotatable bonds is 3. The molecule has 0 unspecified atom stereocenters. The van der Waals surface area contributed by atoms with Crippen LogP contribution in [0.25, 0.3) is 0 Å². The number of nitrogens with one attached hydrogen (secondary N) is 3. The molecule has 8 heteroatoms. The molecule has 1 aromatic carbocycles. The van der Waals surface area contributed by atoms with Gasteiger partial charge in [0.15, 0.2) is 5.11 Å². The van der Waals surface area contributed by atoms with Crippen molar-refractivity contribution in [2.45, 2.75) is 39.8 Å². The highest BCUT2D eigenvalue weighted by molar-refractivity contribution is 7.80. The van der Waals surface area contributed by atoms with Gasteiger partial charge in [0, 0.05) is 5.54 Å². The quantitative estimate of drug-likeness (QED) is 0.565. The zero-order chi connectivity index (χ0) is 18.6. The predicted molar refractivity (Wildman–Crippen MR) is 104 cm³/mol. The average Bonchev–Trinajstić information content (AvgIpc) is 2.78. The maximum atomic E-state index is 12.4. The van der Waals surface area contributed by atoms with E-state index in [0.717, 1.165) is 5.56 Å². The average molecular weight is 380 g/mol. The van der Waals surface area contributed by atoms with E-state index in [2.05, 4.69) is 21.3 Å². The van der Waals surface area contributed by atoms with Crippen molar-refractivity contribution in [1.82, 2.24) is 25.9 Å². The number of nitrogens with zero attached hydrogens (tertiary/aromatic N) is 2. The van der Waals surface area contributed by atoms with Crippen LogP contribution in [0.3, 0.4) is 0 Å². The van der Waals surface area contributed by atoms with Crippen LogP contribution >= 0.6 is 23.8 Å². The molecule has 3 N–H and O–H groups in total. The van der Waals surface area contributed by atoms with Crippen molar-refractivity contribution in [2.75, 3.05) is 0 Å². The maximum absolute atomic E-state index is 12.4. The molecule has 134 valence electrons. The second-order valence-electron chi connectivity index (χ2n) is 6.68. The molecule has 1 heterocycles. The van der Waals surface area contributed by atoms with Crippen LogP contribution in [0.1, 0.15) is 42.4 Å². The maximum Gasteiger partial charge on any atom is 0.274 e. The lowest BCUT2D eigenvalue weighted by Crippen LogP contribution is -2.52. The molecule has 0 spiro atoms. The molecule has 1 aromatic heterocycles. The summed E-state index contributed by atoms with van der Waals surface area (Å²) in [5, 5.41) is 8.02. The van der Waals surface area contributed by atoms with Crippen LogP contribution in [0.15, 0.2) is 30.3 Å². The zero-order valence-corrected chi connectivity index (χ0v) is 16.3. The van der Waals surface area contributed by atoms with E-state index in [4.69, 9.17) is 23.8 Å². The Morgan fingerprint density at radius 3 is 2.48 bits per heavy atom. The van der Waals surface area contributed by atoms with Gasteiger partial charge in [0.25, 0.3) is 5.91 Å². The van der Waals surface area contributed by atoms with Gasteiger partial charge in [-0.1, -0.05) is 41.9 Å². The second-order valence-corrected chi connectivity index (χ2v) is 7.44. The summed E-state index contributed by atoms with van der Waals surface area (Å²) in [6.07, 6.45) is 0. The SMILES string of the molecule is Cc1nn(Cc2ccccc2)c(Cl)c1C(=O)NNC(=S)NC(C)(C)C. The fourth-order valence-electron chi connectivity index (χ4n) is 2.22. The first-order valence-electron chi connectivity index (χ1n) is 7.82. The van der Waals surface area contributed by atoms with Crippen LogP contribution in [-0.2, 0) is 6.54 Å². The third kappa shape index (κ3) is 5.44. The molecule has 2 rings (SSSR count). The molecule has 0 aliphatic rings.